The van der Waals surface area contributed by atoms with E-state index in [9.17, 15) is 14.7 Å². The molecule has 120 valence electrons. The van der Waals surface area contributed by atoms with Gasteiger partial charge in [-0.3, -0.25) is 0 Å². The van der Waals surface area contributed by atoms with E-state index in [0.717, 1.165) is 23.9 Å². The molecule has 0 fully saturated rings. The summed E-state index contributed by atoms with van der Waals surface area (Å²) < 4.78 is 2.33. The second kappa shape index (κ2) is 7.15. The molecule has 0 radical (unpaired) electrons. The quantitative estimate of drug-likeness (QED) is 0.740. The highest BCUT2D eigenvalue weighted by atomic mass is 16.4. The minimum Gasteiger partial charge on any atom is -0.476 e. The number of imidazole rings is 1. The lowest BCUT2D eigenvalue weighted by Gasteiger charge is -2.02. The van der Waals surface area contributed by atoms with Gasteiger partial charge in [-0.05, 0) is 6.42 Å². The molecule has 2 rings (SSSR count). The lowest BCUT2D eigenvalue weighted by atomic mass is 10.1. The van der Waals surface area contributed by atoms with E-state index < -0.39 is 11.7 Å². The lowest BCUT2D eigenvalue weighted by Crippen LogP contribution is -2.28. The van der Waals surface area contributed by atoms with Crippen LogP contribution in [0.2, 0.25) is 0 Å². The van der Waals surface area contributed by atoms with Crippen molar-refractivity contribution in [2.75, 3.05) is 0 Å². The number of carbonyl (C=O) groups is 1. The molecule has 0 aliphatic rings. The minimum absolute atomic E-state index is 0.0107. The van der Waals surface area contributed by atoms with Crippen LogP contribution in [0.1, 0.15) is 61.8 Å². The van der Waals surface area contributed by atoms with Crippen molar-refractivity contribution in [3.8, 4) is 0 Å². The second-order valence-corrected chi connectivity index (χ2v) is 5.35. The number of aromatic nitrogens is 5. The van der Waals surface area contributed by atoms with Crippen LogP contribution >= 0.6 is 0 Å². The molecule has 0 atom stereocenters. The molecule has 2 aromatic rings. The van der Waals surface area contributed by atoms with Crippen LogP contribution in [0.4, 0.5) is 0 Å². The van der Waals surface area contributed by atoms with Gasteiger partial charge in [0.05, 0.1) is 0 Å². The van der Waals surface area contributed by atoms with Crippen LogP contribution in [0.25, 0.3) is 5.65 Å². The number of hydrogen-bond acceptors (Lipinski definition) is 5. The summed E-state index contributed by atoms with van der Waals surface area (Å²) in [6, 6.07) is 0. The Balaban J connectivity index is 2.20. The van der Waals surface area contributed by atoms with Gasteiger partial charge in [0.15, 0.2) is 11.3 Å². The molecule has 0 aliphatic carbocycles. The summed E-state index contributed by atoms with van der Waals surface area (Å²) in [7, 11) is 1.48. The molecule has 2 aromatic heterocycles. The summed E-state index contributed by atoms with van der Waals surface area (Å²) in [5.74, 6) is -0.757. The molecule has 0 bridgehead atoms. The first kappa shape index (κ1) is 16.1. The van der Waals surface area contributed by atoms with Gasteiger partial charge in [0.25, 0.3) is 0 Å². The molecule has 0 aliphatic heterocycles. The molecule has 0 saturated carbocycles. The Bertz CT molecular complexity index is 719. The van der Waals surface area contributed by atoms with Gasteiger partial charge in [0.1, 0.15) is 5.82 Å². The van der Waals surface area contributed by atoms with Crippen molar-refractivity contribution in [2.45, 2.75) is 51.9 Å². The zero-order chi connectivity index (χ0) is 16.1. The van der Waals surface area contributed by atoms with Crippen LogP contribution < -0.4 is 5.69 Å². The number of aryl methyl sites for hydroxylation is 2. The van der Waals surface area contributed by atoms with Crippen molar-refractivity contribution < 1.29 is 9.90 Å². The van der Waals surface area contributed by atoms with Crippen LogP contribution in [0.5, 0.6) is 0 Å². The zero-order valence-corrected chi connectivity index (χ0v) is 12.9. The summed E-state index contributed by atoms with van der Waals surface area (Å²) in [6.07, 6.45) is 7.23. The zero-order valence-electron chi connectivity index (χ0n) is 12.9. The van der Waals surface area contributed by atoms with Crippen LogP contribution in [-0.2, 0) is 13.5 Å². The van der Waals surface area contributed by atoms with Crippen LogP contribution in [0, 0.1) is 0 Å². The maximum absolute atomic E-state index is 12.1. The average Bonchev–Trinajstić information content (AvgIpc) is 2.86. The predicted molar refractivity (Wildman–Crippen MR) is 80.1 cm³/mol. The molecule has 2 heterocycles. The molecule has 22 heavy (non-hydrogen) atoms. The Morgan fingerprint density at radius 1 is 1.18 bits per heavy atom. The molecule has 0 amide bonds. The fourth-order valence-corrected chi connectivity index (χ4v) is 2.42. The first-order valence-electron chi connectivity index (χ1n) is 7.60. The third kappa shape index (κ3) is 3.32. The van der Waals surface area contributed by atoms with Crippen molar-refractivity contribution in [3.63, 3.8) is 0 Å². The van der Waals surface area contributed by atoms with E-state index in [2.05, 4.69) is 22.2 Å². The highest BCUT2D eigenvalue weighted by Gasteiger charge is 2.20. The van der Waals surface area contributed by atoms with Crippen molar-refractivity contribution >= 4 is 11.6 Å². The van der Waals surface area contributed by atoms with E-state index in [-0.39, 0.29) is 11.3 Å². The monoisotopic (exact) mass is 307 g/mol. The Morgan fingerprint density at radius 3 is 2.55 bits per heavy atom. The van der Waals surface area contributed by atoms with Crippen LogP contribution in [-0.4, -0.2) is 35.5 Å². The van der Waals surface area contributed by atoms with E-state index in [4.69, 9.17) is 0 Å². The first-order chi connectivity index (χ1) is 10.6. The van der Waals surface area contributed by atoms with Crippen molar-refractivity contribution in [3.05, 3.63) is 22.0 Å². The molecule has 0 aromatic carbocycles. The van der Waals surface area contributed by atoms with Crippen molar-refractivity contribution in [1.29, 1.82) is 0 Å². The Labute approximate surface area is 127 Å². The maximum Gasteiger partial charge on any atom is 0.358 e. The third-order valence-electron chi connectivity index (χ3n) is 3.62. The van der Waals surface area contributed by atoms with Gasteiger partial charge in [-0.1, -0.05) is 44.2 Å². The molecule has 8 heteroatoms. The Kier molecular flexibility index (Phi) is 5.24. The topological polar surface area (TPSA) is 102 Å². The van der Waals surface area contributed by atoms with Crippen molar-refractivity contribution in [2.24, 2.45) is 7.05 Å². The molecule has 1 N–H and O–H groups in total. The van der Waals surface area contributed by atoms with Gasteiger partial charge in [-0.15, -0.1) is 5.10 Å². The maximum atomic E-state index is 12.1. The summed E-state index contributed by atoms with van der Waals surface area (Å²) in [5, 5.41) is 16.6. The van der Waals surface area contributed by atoms with E-state index in [1.165, 1.54) is 30.7 Å². The SMILES string of the molecule is CCCCCCCCc1nc(C(=O)O)c2nnn(C)c(=O)n12. The standard InChI is InChI=1S/C14H21N5O3/c1-3-4-5-6-7-8-9-10-15-11(13(20)21)12-16-17-18(2)14(22)19(10)12/h3-9H2,1-2H3,(H,20,21). The highest BCUT2D eigenvalue weighted by molar-refractivity contribution is 5.92. The Hall–Kier alpha value is -2.25. The summed E-state index contributed by atoms with van der Waals surface area (Å²) in [5.41, 5.74) is -0.631. The number of aromatic carboxylic acids is 1. The normalized spacial score (nSPS) is 11.2. The number of rotatable bonds is 8. The number of carboxylic acid groups (broad SMARTS) is 1. The largest absolute Gasteiger partial charge is 0.476 e. The van der Waals surface area contributed by atoms with Crippen LogP contribution in [0.15, 0.2) is 4.79 Å². The first-order valence-corrected chi connectivity index (χ1v) is 7.60. The molecule has 0 spiro atoms. The average molecular weight is 307 g/mol. The molecular formula is C14H21N5O3. The van der Waals surface area contributed by atoms with Gasteiger partial charge in [-0.25, -0.2) is 19.0 Å². The molecule has 8 nitrogen and oxygen atoms in total. The van der Waals surface area contributed by atoms with Crippen LogP contribution in [0.3, 0.4) is 0 Å². The molecule has 0 saturated heterocycles. The van der Waals surface area contributed by atoms with E-state index >= 15 is 0 Å². The number of nitrogens with zero attached hydrogens (tertiary/aromatic N) is 5. The molecule has 0 unspecified atom stereocenters. The fraction of sp³-hybridized carbons (Fsp3) is 0.643. The van der Waals surface area contributed by atoms with Gasteiger partial charge in [0.2, 0.25) is 0 Å². The fourth-order valence-electron chi connectivity index (χ4n) is 2.42. The minimum atomic E-state index is -1.20. The number of hydrogen-bond donors (Lipinski definition) is 1. The molecular weight excluding hydrogens is 286 g/mol. The third-order valence-corrected chi connectivity index (χ3v) is 3.62. The highest BCUT2D eigenvalue weighted by Crippen LogP contribution is 2.12. The van der Waals surface area contributed by atoms with Gasteiger partial charge >= 0.3 is 11.7 Å². The second-order valence-electron chi connectivity index (χ2n) is 5.35. The van der Waals surface area contributed by atoms with E-state index in [1.54, 1.807) is 0 Å². The lowest BCUT2D eigenvalue weighted by molar-refractivity contribution is 0.0692. The number of carboxylic acids is 1. The smallest absolute Gasteiger partial charge is 0.358 e. The predicted octanol–water partition coefficient (Wildman–Crippen LogP) is 1.42. The number of fused-ring (bicyclic) bond motifs is 1. The van der Waals surface area contributed by atoms with E-state index in [0.29, 0.717) is 12.2 Å². The summed E-state index contributed by atoms with van der Waals surface area (Å²) in [4.78, 5) is 27.4. The Morgan fingerprint density at radius 2 is 1.86 bits per heavy atom. The number of unbranched alkanes of at least 4 members (excludes halogenated alkanes) is 5. The van der Waals surface area contributed by atoms with Gasteiger partial charge < -0.3 is 5.11 Å². The van der Waals surface area contributed by atoms with Crippen molar-refractivity contribution in [1.82, 2.24) is 24.4 Å². The van der Waals surface area contributed by atoms with Gasteiger partial charge in [0, 0.05) is 13.5 Å². The van der Waals surface area contributed by atoms with Gasteiger partial charge in [-0.2, -0.15) is 4.68 Å². The van der Waals surface area contributed by atoms with E-state index in [1.807, 2.05) is 0 Å². The summed E-state index contributed by atoms with van der Waals surface area (Å²) in [6.45, 7) is 2.17. The summed E-state index contributed by atoms with van der Waals surface area (Å²) >= 11 is 0.